The minimum Gasteiger partial charge on any atom is -0.469 e. The Hall–Kier alpha value is -2.63. The molecule has 1 aliphatic rings. The van der Waals surface area contributed by atoms with E-state index in [1.807, 2.05) is 36.4 Å². The van der Waals surface area contributed by atoms with Gasteiger partial charge in [-0.05, 0) is 30.9 Å². The summed E-state index contributed by atoms with van der Waals surface area (Å²) >= 11 is 0. The maximum absolute atomic E-state index is 12.5. The fraction of sp³-hybridized carbons (Fsp3) is 0.476. The number of nitrogens with zero attached hydrogens (tertiary/aromatic N) is 2. The third kappa shape index (κ3) is 6.55. The summed E-state index contributed by atoms with van der Waals surface area (Å²) in [5.41, 5.74) is 0.990. The molecule has 0 radical (unpaired) electrons. The molecule has 0 saturated carbocycles. The van der Waals surface area contributed by atoms with Gasteiger partial charge in [0.15, 0.2) is 0 Å². The molecule has 146 valence electrons. The number of amides is 2. The van der Waals surface area contributed by atoms with E-state index in [0.29, 0.717) is 45.3 Å². The first-order valence-electron chi connectivity index (χ1n) is 9.35. The van der Waals surface area contributed by atoms with Gasteiger partial charge in [-0.1, -0.05) is 30.3 Å². The van der Waals surface area contributed by atoms with Gasteiger partial charge in [-0.2, -0.15) is 0 Å². The van der Waals surface area contributed by atoms with Crippen molar-refractivity contribution in [1.29, 1.82) is 0 Å². The second kappa shape index (κ2) is 10.5. The van der Waals surface area contributed by atoms with Crippen LogP contribution < -0.4 is 0 Å². The molecule has 0 spiro atoms. The predicted octanol–water partition coefficient (Wildman–Crippen LogP) is 2.35. The molecule has 0 atom stereocenters. The van der Waals surface area contributed by atoms with Crippen molar-refractivity contribution in [3.8, 4) is 0 Å². The number of carbonyl (C=O) groups excluding carboxylic acids is 3. The van der Waals surface area contributed by atoms with E-state index >= 15 is 0 Å². The molecule has 1 fully saturated rings. The highest BCUT2D eigenvalue weighted by atomic mass is 16.5. The Bertz CT molecular complexity index is 664. The van der Waals surface area contributed by atoms with Crippen molar-refractivity contribution in [1.82, 2.24) is 9.80 Å². The smallest absolute Gasteiger partial charge is 0.305 e. The summed E-state index contributed by atoms with van der Waals surface area (Å²) in [6, 6.07) is 9.70. The van der Waals surface area contributed by atoms with Crippen molar-refractivity contribution in [2.45, 2.75) is 25.7 Å². The third-order valence-electron chi connectivity index (χ3n) is 4.85. The predicted molar refractivity (Wildman–Crippen MR) is 104 cm³/mol. The maximum atomic E-state index is 12.5. The Morgan fingerprint density at radius 2 is 1.85 bits per heavy atom. The van der Waals surface area contributed by atoms with Gasteiger partial charge in [-0.15, -0.1) is 0 Å². The number of esters is 1. The molecule has 6 heteroatoms. The lowest BCUT2D eigenvalue weighted by molar-refractivity contribution is -0.142. The van der Waals surface area contributed by atoms with Gasteiger partial charge in [0.1, 0.15) is 0 Å². The van der Waals surface area contributed by atoms with Gasteiger partial charge in [0.05, 0.1) is 7.11 Å². The minimum absolute atomic E-state index is 0.0174. The first kappa shape index (κ1) is 20.7. The van der Waals surface area contributed by atoms with Crippen LogP contribution in [-0.4, -0.2) is 61.4 Å². The van der Waals surface area contributed by atoms with Crippen molar-refractivity contribution in [2.24, 2.45) is 5.92 Å². The molecule has 2 rings (SSSR count). The highest BCUT2D eigenvalue weighted by Gasteiger charge is 2.28. The van der Waals surface area contributed by atoms with Crippen LogP contribution in [0, 0.1) is 5.92 Å². The average Bonchev–Trinajstić information content (AvgIpc) is 2.72. The van der Waals surface area contributed by atoms with E-state index in [9.17, 15) is 14.4 Å². The molecular formula is C21H28N2O4. The Kier molecular flexibility index (Phi) is 8.04. The topological polar surface area (TPSA) is 66.9 Å². The Labute approximate surface area is 160 Å². The molecule has 0 aliphatic carbocycles. The number of rotatable bonds is 7. The summed E-state index contributed by atoms with van der Waals surface area (Å²) in [6.45, 7) is 1.71. The van der Waals surface area contributed by atoms with Crippen LogP contribution in [-0.2, 0) is 19.1 Å². The van der Waals surface area contributed by atoms with Crippen LogP contribution in [0.2, 0.25) is 0 Å². The van der Waals surface area contributed by atoms with E-state index in [0.717, 1.165) is 5.56 Å². The summed E-state index contributed by atoms with van der Waals surface area (Å²) in [5.74, 6) is -0.246. The molecule has 0 aromatic heterocycles. The van der Waals surface area contributed by atoms with E-state index in [2.05, 4.69) is 4.74 Å². The van der Waals surface area contributed by atoms with Crippen molar-refractivity contribution in [3.05, 3.63) is 42.0 Å². The summed E-state index contributed by atoms with van der Waals surface area (Å²) in [5, 5.41) is 0. The van der Waals surface area contributed by atoms with Crippen LogP contribution in [0.3, 0.4) is 0 Å². The van der Waals surface area contributed by atoms with Gasteiger partial charge < -0.3 is 14.5 Å². The molecule has 0 N–H and O–H groups in total. The lowest BCUT2D eigenvalue weighted by Gasteiger charge is -2.32. The Morgan fingerprint density at radius 3 is 2.48 bits per heavy atom. The molecule has 2 amide bonds. The third-order valence-corrected chi connectivity index (χ3v) is 4.85. The summed E-state index contributed by atoms with van der Waals surface area (Å²) in [6.07, 6.45) is 5.66. The number of hydrogen-bond acceptors (Lipinski definition) is 4. The van der Waals surface area contributed by atoms with Gasteiger partial charge >= 0.3 is 5.97 Å². The van der Waals surface area contributed by atoms with Gasteiger partial charge in [-0.3, -0.25) is 14.4 Å². The first-order chi connectivity index (χ1) is 13.0. The van der Waals surface area contributed by atoms with Crippen molar-refractivity contribution >= 4 is 23.9 Å². The maximum Gasteiger partial charge on any atom is 0.305 e. The average molecular weight is 372 g/mol. The van der Waals surface area contributed by atoms with E-state index in [-0.39, 0.29) is 23.7 Å². The molecular weight excluding hydrogens is 344 g/mol. The van der Waals surface area contributed by atoms with E-state index < -0.39 is 0 Å². The zero-order valence-corrected chi connectivity index (χ0v) is 16.1. The van der Waals surface area contributed by atoms with Crippen molar-refractivity contribution in [3.63, 3.8) is 0 Å². The van der Waals surface area contributed by atoms with E-state index in [4.69, 9.17) is 0 Å². The molecule has 1 saturated heterocycles. The summed E-state index contributed by atoms with van der Waals surface area (Å²) < 4.78 is 4.61. The van der Waals surface area contributed by atoms with Crippen molar-refractivity contribution < 1.29 is 19.1 Å². The molecule has 6 nitrogen and oxygen atoms in total. The summed E-state index contributed by atoms with van der Waals surface area (Å²) in [7, 11) is 3.13. The zero-order chi connectivity index (χ0) is 19.6. The van der Waals surface area contributed by atoms with Crippen LogP contribution in [0.15, 0.2) is 36.4 Å². The molecule has 1 aliphatic heterocycles. The van der Waals surface area contributed by atoms with Crippen LogP contribution >= 0.6 is 0 Å². The van der Waals surface area contributed by atoms with Crippen LogP contribution in [0.25, 0.3) is 6.08 Å². The number of carbonyl (C=O) groups is 3. The minimum atomic E-state index is -0.258. The van der Waals surface area contributed by atoms with E-state index in [1.165, 1.54) is 7.11 Å². The van der Waals surface area contributed by atoms with Crippen LogP contribution in [0.5, 0.6) is 0 Å². The van der Waals surface area contributed by atoms with Gasteiger partial charge in [-0.25, -0.2) is 0 Å². The number of piperidine rings is 1. The number of likely N-dealkylation sites (tertiary alicyclic amines) is 1. The highest BCUT2D eigenvalue weighted by molar-refractivity contribution is 5.92. The molecule has 1 aromatic carbocycles. The first-order valence-corrected chi connectivity index (χ1v) is 9.35. The van der Waals surface area contributed by atoms with Gasteiger partial charge in [0, 0.05) is 45.1 Å². The fourth-order valence-corrected chi connectivity index (χ4v) is 3.17. The fourth-order valence-electron chi connectivity index (χ4n) is 3.17. The lowest BCUT2D eigenvalue weighted by atomic mass is 9.95. The standard InChI is InChI=1S/C21H28N2O4/c1-22(14-6-9-20(25)27-2)21(26)18-12-15-23(16-13-18)19(24)11-10-17-7-4-3-5-8-17/h3-5,7-8,10-11,18H,6,9,12-16H2,1-2H3/b11-10+. The molecule has 1 aromatic rings. The largest absolute Gasteiger partial charge is 0.469 e. The second-order valence-corrected chi connectivity index (χ2v) is 6.78. The molecule has 27 heavy (non-hydrogen) atoms. The Morgan fingerprint density at radius 1 is 1.19 bits per heavy atom. The number of hydrogen-bond donors (Lipinski definition) is 0. The monoisotopic (exact) mass is 372 g/mol. The quantitative estimate of drug-likeness (QED) is 0.544. The molecule has 1 heterocycles. The lowest BCUT2D eigenvalue weighted by Crippen LogP contribution is -2.43. The van der Waals surface area contributed by atoms with Crippen LogP contribution in [0.1, 0.15) is 31.2 Å². The molecule has 0 bridgehead atoms. The zero-order valence-electron chi connectivity index (χ0n) is 16.1. The van der Waals surface area contributed by atoms with E-state index in [1.54, 1.807) is 22.9 Å². The van der Waals surface area contributed by atoms with Gasteiger partial charge in [0.2, 0.25) is 11.8 Å². The van der Waals surface area contributed by atoms with Crippen molar-refractivity contribution in [2.75, 3.05) is 33.8 Å². The number of methoxy groups -OCH3 is 1. The second-order valence-electron chi connectivity index (χ2n) is 6.78. The van der Waals surface area contributed by atoms with Gasteiger partial charge in [0.25, 0.3) is 0 Å². The Balaban J connectivity index is 1.75. The molecule has 0 unspecified atom stereocenters. The number of benzene rings is 1. The normalized spacial score (nSPS) is 15.0. The summed E-state index contributed by atoms with van der Waals surface area (Å²) in [4.78, 5) is 39.5. The SMILES string of the molecule is COC(=O)CCCN(C)C(=O)C1CCN(C(=O)/C=C/c2ccccc2)CC1. The van der Waals surface area contributed by atoms with Crippen LogP contribution in [0.4, 0.5) is 0 Å². The highest BCUT2D eigenvalue weighted by Crippen LogP contribution is 2.20. The number of ether oxygens (including phenoxy) is 1.